The van der Waals surface area contributed by atoms with Gasteiger partial charge in [0.25, 0.3) is 0 Å². The standard InChI is InChI=1S/C24H29NO4/c1-4-17-7-9-20-19(15-24(26)29-22(20)13-17)16-25-12-11-18-8-10-21(27-5-2)23(14-18)28-6-3/h7-10,13-15,25H,4-6,11-12,16H2,1-3H3. The van der Waals surface area contributed by atoms with Crippen molar-refractivity contribution in [1.29, 1.82) is 0 Å². The number of aryl methyl sites for hydroxylation is 1. The molecule has 0 bridgehead atoms. The van der Waals surface area contributed by atoms with Gasteiger partial charge in [0.1, 0.15) is 5.58 Å². The van der Waals surface area contributed by atoms with E-state index in [0.717, 1.165) is 47.4 Å². The van der Waals surface area contributed by atoms with Crippen LogP contribution < -0.4 is 20.4 Å². The zero-order chi connectivity index (χ0) is 20.6. The highest BCUT2D eigenvalue weighted by molar-refractivity contribution is 5.80. The Hall–Kier alpha value is -2.79. The van der Waals surface area contributed by atoms with E-state index in [9.17, 15) is 4.79 Å². The fourth-order valence-corrected chi connectivity index (χ4v) is 3.35. The Bertz CT molecular complexity index is 1010. The Morgan fingerprint density at radius 3 is 2.41 bits per heavy atom. The van der Waals surface area contributed by atoms with Gasteiger partial charge in [-0.25, -0.2) is 4.79 Å². The minimum atomic E-state index is -0.310. The molecule has 29 heavy (non-hydrogen) atoms. The summed E-state index contributed by atoms with van der Waals surface area (Å²) in [6.45, 7) is 8.63. The van der Waals surface area contributed by atoms with E-state index in [1.54, 1.807) is 6.07 Å². The molecule has 0 atom stereocenters. The summed E-state index contributed by atoms with van der Waals surface area (Å²) in [5.74, 6) is 1.56. The molecule has 0 fully saturated rings. The van der Waals surface area contributed by atoms with Gasteiger partial charge in [0.15, 0.2) is 11.5 Å². The van der Waals surface area contributed by atoms with Crippen LogP contribution in [0, 0.1) is 0 Å². The van der Waals surface area contributed by atoms with Gasteiger partial charge in [-0.05, 0) is 68.1 Å². The fourth-order valence-electron chi connectivity index (χ4n) is 3.35. The Labute approximate surface area is 171 Å². The van der Waals surface area contributed by atoms with Gasteiger partial charge in [0.05, 0.1) is 13.2 Å². The Kier molecular flexibility index (Phi) is 7.30. The van der Waals surface area contributed by atoms with Crippen LogP contribution in [0.25, 0.3) is 11.0 Å². The SMILES string of the molecule is CCOc1ccc(CCNCc2cc(=O)oc3cc(CC)ccc23)cc1OCC. The minimum absolute atomic E-state index is 0.310. The Morgan fingerprint density at radius 1 is 0.897 bits per heavy atom. The lowest BCUT2D eigenvalue weighted by atomic mass is 10.1. The van der Waals surface area contributed by atoms with Crippen molar-refractivity contribution in [2.24, 2.45) is 0 Å². The third kappa shape index (κ3) is 5.39. The minimum Gasteiger partial charge on any atom is -0.490 e. The summed E-state index contributed by atoms with van der Waals surface area (Å²) in [6, 6.07) is 13.7. The predicted octanol–water partition coefficient (Wildman–Crippen LogP) is 4.49. The first-order valence-corrected chi connectivity index (χ1v) is 10.3. The first-order valence-electron chi connectivity index (χ1n) is 10.3. The summed E-state index contributed by atoms with van der Waals surface area (Å²) in [4.78, 5) is 11.9. The highest BCUT2D eigenvalue weighted by Crippen LogP contribution is 2.28. The van der Waals surface area contributed by atoms with Crippen LogP contribution in [-0.4, -0.2) is 19.8 Å². The lowest BCUT2D eigenvalue weighted by molar-refractivity contribution is 0.287. The van der Waals surface area contributed by atoms with Crippen LogP contribution in [0.3, 0.4) is 0 Å². The average molecular weight is 395 g/mol. The fraction of sp³-hybridized carbons (Fsp3) is 0.375. The van der Waals surface area contributed by atoms with E-state index in [2.05, 4.69) is 24.4 Å². The zero-order valence-corrected chi connectivity index (χ0v) is 17.4. The third-order valence-electron chi connectivity index (χ3n) is 4.82. The number of ether oxygens (including phenoxy) is 2. The van der Waals surface area contributed by atoms with Crippen LogP contribution >= 0.6 is 0 Å². The van der Waals surface area contributed by atoms with E-state index in [1.807, 2.05) is 38.1 Å². The molecule has 0 aliphatic carbocycles. The van der Waals surface area contributed by atoms with Crippen LogP contribution in [0.15, 0.2) is 51.7 Å². The first-order chi connectivity index (χ1) is 14.1. The number of nitrogens with one attached hydrogen (secondary N) is 1. The summed E-state index contributed by atoms with van der Waals surface area (Å²) in [5.41, 5.74) is 3.64. The number of hydrogen-bond donors (Lipinski definition) is 1. The molecule has 5 nitrogen and oxygen atoms in total. The molecule has 3 rings (SSSR count). The average Bonchev–Trinajstić information content (AvgIpc) is 2.72. The van der Waals surface area contributed by atoms with E-state index < -0.39 is 0 Å². The van der Waals surface area contributed by atoms with E-state index in [1.165, 1.54) is 5.56 Å². The van der Waals surface area contributed by atoms with Crippen molar-refractivity contribution in [3.05, 3.63) is 69.6 Å². The third-order valence-corrected chi connectivity index (χ3v) is 4.82. The number of fused-ring (bicyclic) bond motifs is 1. The topological polar surface area (TPSA) is 60.7 Å². The maximum Gasteiger partial charge on any atom is 0.336 e. The maximum absolute atomic E-state index is 11.9. The molecule has 0 saturated heterocycles. The van der Waals surface area contributed by atoms with Gasteiger partial charge in [-0.3, -0.25) is 0 Å². The van der Waals surface area contributed by atoms with E-state index in [4.69, 9.17) is 13.9 Å². The van der Waals surface area contributed by atoms with Crippen LogP contribution in [0.1, 0.15) is 37.5 Å². The predicted molar refractivity (Wildman–Crippen MR) is 116 cm³/mol. The van der Waals surface area contributed by atoms with Crippen molar-refractivity contribution in [3.63, 3.8) is 0 Å². The van der Waals surface area contributed by atoms with Crippen molar-refractivity contribution in [3.8, 4) is 11.5 Å². The van der Waals surface area contributed by atoms with Crippen LogP contribution in [0.4, 0.5) is 0 Å². The van der Waals surface area contributed by atoms with Gasteiger partial charge in [0.2, 0.25) is 0 Å². The molecule has 0 aliphatic rings. The second-order valence-electron chi connectivity index (χ2n) is 6.85. The van der Waals surface area contributed by atoms with Crippen LogP contribution in [-0.2, 0) is 19.4 Å². The smallest absolute Gasteiger partial charge is 0.336 e. The molecule has 0 amide bonds. The van der Waals surface area contributed by atoms with Crippen molar-refractivity contribution in [2.75, 3.05) is 19.8 Å². The van der Waals surface area contributed by atoms with Gasteiger partial charge in [0, 0.05) is 18.0 Å². The molecule has 5 heteroatoms. The molecule has 1 N–H and O–H groups in total. The lowest BCUT2D eigenvalue weighted by Gasteiger charge is -2.13. The highest BCUT2D eigenvalue weighted by atomic mass is 16.5. The van der Waals surface area contributed by atoms with Crippen molar-refractivity contribution in [1.82, 2.24) is 5.32 Å². The zero-order valence-electron chi connectivity index (χ0n) is 17.4. The van der Waals surface area contributed by atoms with Gasteiger partial charge in [-0.2, -0.15) is 0 Å². The largest absolute Gasteiger partial charge is 0.490 e. The van der Waals surface area contributed by atoms with Crippen molar-refractivity contribution in [2.45, 2.75) is 40.2 Å². The Morgan fingerprint density at radius 2 is 1.66 bits per heavy atom. The number of rotatable bonds is 10. The number of hydrogen-bond acceptors (Lipinski definition) is 5. The maximum atomic E-state index is 11.9. The molecule has 2 aromatic carbocycles. The molecule has 0 saturated carbocycles. The molecule has 1 heterocycles. The van der Waals surface area contributed by atoms with E-state index >= 15 is 0 Å². The van der Waals surface area contributed by atoms with Gasteiger partial charge in [-0.1, -0.05) is 25.1 Å². The molecular weight excluding hydrogens is 366 g/mol. The molecule has 0 unspecified atom stereocenters. The molecule has 154 valence electrons. The molecule has 0 radical (unpaired) electrons. The second-order valence-corrected chi connectivity index (χ2v) is 6.85. The van der Waals surface area contributed by atoms with Gasteiger partial charge >= 0.3 is 5.63 Å². The quantitative estimate of drug-likeness (QED) is 0.405. The normalized spacial score (nSPS) is 11.0. The Balaban J connectivity index is 1.65. The monoisotopic (exact) mass is 395 g/mol. The summed E-state index contributed by atoms with van der Waals surface area (Å²) < 4.78 is 16.7. The molecule has 1 aromatic heterocycles. The summed E-state index contributed by atoms with van der Waals surface area (Å²) in [5, 5.41) is 4.42. The number of benzene rings is 2. The molecule has 3 aromatic rings. The van der Waals surface area contributed by atoms with E-state index in [0.29, 0.717) is 25.3 Å². The summed E-state index contributed by atoms with van der Waals surface area (Å²) >= 11 is 0. The van der Waals surface area contributed by atoms with E-state index in [-0.39, 0.29) is 5.63 Å². The molecular formula is C24H29NO4. The first kappa shape index (κ1) is 20.9. The molecule has 0 aliphatic heterocycles. The summed E-state index contributed by atoms with van der Waals surface area (Å²) in [6.07, 6.45) is 1.76. The second kappa shape index (κ2) is 10.1. The van der Waals surface area contributed by atoms with Crippen LogP contribution in [0.5, 0.6) is 11.5 Å². The van der Waals surface area contributed by atoms with Gasteiger partial charge < -0.3 is 19.2 Å². The highest BCUT2D eigenvalue weighted by Gasteiger charge is 2.08. The van der Waals surface area contributed by atoms with Crippen molar-refractivity contribution >= 4 is 11.0 Å². The lowest BCUT2D eigenvalue weighted by Crippen LogP contribution is -2.18. The van der Waals surface area contributed by atoms with Crippen LogP contribution in [0.2, 0.25) is 0 Å². The van der Waals surface area contributed by atoms with Crippen molar-refractivity contribution < 1.29 is 13.9 Å². The summed E-state index contributed by atoms with van der Waals surface area (Å²) in [7, 11) is 0. The molecule has 0 spiro atoms. The van der Waals surface area contributed by atoms with Gasteiger partial charge in [-0.15, -0.1) is 0 Å².